The van der Waals surface area contributed by atoms with Crippen LogP contribution in [0.25, 0.3) is 0 Å². The van der Waals surface area contributed by atoms with Gasteiger partial charge >= 0.3 is 5.97 Å². The summed E-state index contributed by atoms with van der Waals surface area (Å²) in [5, 5.41) is 9.19. The molecule has 0 aromatic heterocycles. The minimum absolute atomic E-state index is 0.0286. The minimum Gasteiger partial charge on any atom is -0.478 e. The first kappa shape index (κ1) is 13.7. The number of hydrogen-bond donors (Lipinski definition) is 2. The summed E-state index contributed by atoms with van der Waals surface area (Å²) >= 11 is 0. The standard InChI is InChI=1S/C12H16N2O4S/c1-8-7-19(17,18)5-4-14(8)11-6-9(13)2-3-10(11)12(15)16/h2-3,6,8H,4-5,7,13H2,1H3,(H,15,16). The van der Waals surface area contributed by atoms with E-state index in [-0.39, 0.29) is 29.7 Å². The third-order valence-corrected chi connectivity index (χ3v) is 5.03. The number of carboxylic acid groups (broad SMARTS) is 1. The molecule has 0 amide bonds. The van der Waals surface area contributed by atoms with E-state index in [9.17, 15) is 18.3 Å². The summed E-state index contributed by atoms with van der Waals surface area (Å²) in [6.07, 6.45) is 0. The number of carbonyl (C=O) groups is 1. The topological polar surface area (TPSA) is 101 Å². The van der Waals surface area contributed by atoms with E-state index in [2.05, 4.69) is 0 Å². The molecule has 1 unspecified atom stereocenters. The van der Waals surface area contributed by atoms with Gasteiger partial charge < -0.3 is 15.7 Å². The highest BCUT2D eigenvalue weighted by molar-refractivity contribution is 7.91. The third-order valence-electron chi connectivity index (χ3n) is 3.23. The molecule has 1 atom stereocenters. The number of aromatic carboxylic acids is 1. The Morgan fingerprint density at radius 1 is 1.47 bits per heavy atom. The number of hydrogen-bond acceptors (Lipinski definition) is 5. The first-order valence-electron chi connectivity index (χ1n) is 5.90. The molecule has 1 aliphatic rings. The second kappa shape index (κ2) is 4.73. The average molecular weight is 284 g/mol. The Bertz CT molecular complexity index is 612. The monoisotopic (exact) mass is 284 g/mol. The molecule has 1 aromatic carbocycles. The van der Waals surface area contributed by atoms with Crippen LogP contribution in [0, 0.1) is 0 Å². The number of sulfone groups is 1. The number of carboxylic acids is 1. The number of anilines is 2. The number of nitrogens with zero attached hydrogens (tertiary/aromatic N) is 1. The van der Waals surface area contributed by atoms with Crippen LogP contribution in [0.5, 0.6) is 0 Å². The van der Waals surface area contributed by atoms with Crippen molar-refractivity contribution in [3.05, 3.63) is 23.8 Å². The second-order valence-corrected chi connectivity index (χ2v) is 6.97. The van der Waals surface area contributed by atoms with E-state index in [4.69, 9.17) is 5.73 Å². The molecule has 0 bridgehead atoms. The zero-order valence-electron chi connectivity index (χ0n) is 10.5. The van der Waals surface area contributed by atoms with Crippen molar-refractivity contribution in [1.29, 1.82) is 0 Å². The van der Waals surface area contributed by atoms with Gasteiger partial charge in [0.25, 0.3) is 0 Å². The fourth-order valence-electron chi connectivity index (χ4n) is 2.32. The number of benzene rings is 1. The molecule has 2 rings (SSSR count). The molecule has 6 nitrogen and oxygen atoms in total. The van der Waals surface area contributed by atoms with E-state index >= 15 is 0 Å². The van der Waals surface area contributed by atoms with E-state index in [0.717, 1.165) is 0 Å². The fourth-order valence-corrected chi connectivity index (χ4v) is 3.88. The van der Waals surface area contributed by atoms with Gasteiger partial charge in [0.2, 0.25) is 0 Å². The van der Waals surface area contributed by atoms with Gasteiger partial charge in [0, 0.05) is 18.3 Å². The number of rotatable bonds is 2. The van der Waals surface area contributed by atoms with Crippen molar-refractivity contribution >= 4 is 27.2 Å². The molecule has 1 heterocycles. The van der Waals surface area contributed by atoms with E-state index in [1.807, 2.05) is 0 Å². The van der Waals surface area contributed by atoms with Crippen LogP contribution in [0.3, 0.4) is 0 Å². The molecule has 3 N–H and O–H groups in total. The first-order valence-corrected chi connectivity index (χ1v) is 7.72. The highest BCUT2D eigenvalue weighted by Crippen LogP contribution is 2.27. The maximum absolute atomic E-state index is 11.6. The number of nitrogens with two attached hydrogens (primary N) is 1. The highest BCUT2D eigenvalue weighted by Gasteiger charge is 2.30. The lowest BCUT2D eigenvalue weighted by atomic mass is 10.1. The molecular formula is C12H16N2O4S. The summed E-state index contributed by atoms with van der Waals surface area (Å²) in [7, 11) is -3.04. The van der Waals surface area contributed by atoms with Gasteiger partial charge in [-0.25, -0.2) is 13.2 Å². The van der Waals surface area contributed by atoms with Crippen LogP contribution in [-0.4, -0.2) is 43.6 Å². The summed E-state index contributed by atoms with van der Waals surface area (Å²) in [6.45, 7) is 2.05. The number of nitrogen functional groups attached to an aromatic ring is 1. The molecular weight excluding hydrogens is 268 g/mol. The minimum atomic E-state index is -3.04. The van der Waals surface area contributed by atoms with Gasteiger partial charge in [0.05, 0.1) is 22.8 Å². The van der Waals surface area contributed by atoms with Crippen LogP contribution in [0.15, 0.2) is 18.2 Å². The lowest BCUT2D eigenvalue weighted by molar-refractivity contribution is 0.0697. The highest BCUT2D eigenvalue weighted by atomic mass is 32.2. The molecule has 19 heavy (non-hydrogen) atoms. The van der Waals surface area contributed by atoms with Gasteiger partial charge in [0.15, 0.2) is 9.84 Å². The summed E-state index contributed by atoms with van der Waals surface area (Å²) in [5.41, 5.74) is 6.77. The Hall–Kier alpha value is -1.76. The van der Waals surface area contributed by atoms with Crippen molar-refractivity contribution in [3.8, 4) is 0 Å². The summed E-state index contributed by atoms with van der Waals surface area (Å²) in [4.78, 5) is 13.0. The normalized spacial score (nSPS) is 22.2. The molecule has 1 fully saturated rings. The predicted octanol–water partition coefficient (Wildman–Crippen LogP) is 0.590. The fraction of sp³-hybridized carbons (Fsp3) is 0.417. The first-order chi connectivity index (χ1) is 8.80. The Morgan fingerprint density at radius 2 is 2.16 bits per heavy atom. The molecule has 1 saturated heterocycles. The zero-order chi connectivity index (χ0) is 14.2. The maximum Gasteiger partial charge on any atom is 0.337 e. The van der Waals surface area contributed by atoms with Crippen molar-refractivity contribution in [2.75, 3.05) is 28.7 Å². The van der Waals surface area contributed by atoms with Crippen molar-refractivity contribution in [2.24, 2.45) is 0 Å². The zero-order valence-corrected chi connectivity index (χ0v) is 11.4. The maximum atomic E-state index is 11.6. The largest absolute Gasteiger partial charge is 0.478 e. The smallest absolute Gasteiger partial charge is 0.337 e. The molecule has 0 radical (unpaired) electrons. The molecule has 7 heteroatoms. The van der Waals surface area contributed by atoms with Gasteiger partial charge in [-0.05, 0) is 25.1 Å². The molecule has 1 aromatic rings. The van der Waals surface area contributed by atoms with Gasteiger partial charge in [-0.1, -0.05) is 0 Å². The van der Waals surface area contributed by atoms with E-state index in [0.29, 0.717) is 11.4 Å². The molecule has 0 spiro atoms. The van der Waals surface area contributed by atoms with Gasteiger partial charge in [-0.15, -0.1) is 0 Å². The van der Waals surface area contributed by atoms with Crippen molar-refractivity contribution in [1.82, 2.24) is 0 Å². The third kappa shape index (κ3) is 2.81. The van der Waals surface area contributed by atoms with E-state index in [1.165, 1.54) is 12.1 Å². The van der Waals surface area contributed by atoms with E-state index in [1.54, 1.807) is 17.9 Å². The van der Waals surface area contributed by atoms with Crippen LogP contribution in [0.1, 0.15) is 17.3 Å². The average Bonchev–Trinajstić information content (AvgIpc) is 2.27. The van der Waals surface area contributed by atoms with Crippen LogP contribution in [0.2, 0.25) is 0 Å². The quantitative estimate of drug-likeness (QED) is 0.771. The predicted molar refractivity (Wildman–Crippen MR) is 73.3 cm³/mol. The van der Waals surface area contributed by atoms with Crippen LogP contribution >= 0.6 is 0 Å². The van der Waals surface area contributed by atoms with Gasteiger partial charge in [-0.2, -0.15) is 0 Å². The molecule has 1 aliphatic heterocycles. The van der Waals surface area contributed by atoms with Crippen LogP contribution < -0.4 is 10.6 Å². The Kier molecular flexibility index (Phi) is 3.40. The van der Waals surface area contributed by atoms with E-state index < -0.39 is 15.8 Å². The van der Waals surface area contributed by atoms with Crippen LogP contribution in [-0.2, 0) is 9.84 Å². The SMILES string of the molecule is CC1CS(=O)(=O)CCN1c1cc(N)ccc1C(=O)O. The van der Waals surface area contributed by atoms with Gasteiger partial charge in [-0.3, -0.25) is 0 Å². The van der Waals surface area contributed by atoms with Crippen LogP contribution in [0.4, 0.5) is 11.4 Å². The second-order valence-electron chi connectivity index (χ2n) is 4.74. The van der Waals surface area contributed by atoms with Crippen molar-refractivity contribution < 1.29 is 18.3 Å². The summed E-state index contributed by atoms with van der Waals surface area (Å²) in [6, 6.07) is 4.29. The Balaban J connectivity index is 2.42. The molecule has 0 aliphatic carbocycles. The lowest BCUT2D eigenvalue weighted by Crippen LogP contribution is -2.47. The van der Waals surface area contributed by atoms with Gasteiger partial charge in [0.1, 0.15) is 0 Å². The summed E-state index contributed by atoms with van der Waals surface area (Å²) in [5.74, 6) is -0.984. The lowest BCUT2D eigenvalue weighted by Gasteiger charge is -2.36. The molecule has 104 valence electrons. The summed E-state index contributed by atoms with van der Waals surface area (Å²) < 4.78 is 23.1. The Labute approximate surface area is 111 Å². The molecule has 0 saturated carbocycles. The van der Waals surface area contributed by atoms with Crippen molar-refractivity contribution in [3.63, 3.8) is 0 Å². The van der Waals surface area contributed by atoms with Crippen molar-refractivity contribution in [2.45, 2.75) is 13.0 Å². The Morgan fingerprint density at radius 3 is 2.74 bits per heavy atom.